The zero-order valence-corrected chi connectivity index (χ0v) is 11.1. The lowest BCUT2D eigenvalue weighted by Crippen LogP contribution is -2.35. The summed E-state index contributed by atoms with van der Waals surface area (Å²) < 4.78 is 13.2. The predicted octanol–water partition coefficient (Wildman–Crippen LogP) is 2.24. The first kappa shape index (κ1) is 12.6. The van der Waals surface area contributed by atoms with Gasteiger partial charge in [-0.25, -0.2) is 4.39 Å². The van der Waals surface area contributed by atoms with Crippen LogP contribution in [0.2, 0.25) is 0 Å². The summed E-state index contributed by atoms with van der Waals surface area (Å²) in [6, 6.07) is 7.37. The Morgan fingerprint density at radius 2 is 2.21 bits per heavy atom. The van der Waals surface area contributed by atoms with Gasteiger partial charge >= 0.3 is 0 Å². The molecule has 3 nitrogen and oxygen atoms in total. The molecule has 2 aliphatic rings. The second-order valence-corrected chi connectivity index (χ2v) is 5.62. The SMILES string of the molecule is C[C@@H](N[C@@H]1CC(=O)N(C2CC2)C1)c1cccc(F)c1. The van der Waals surface area contributed by atoms with Gasteiger partial charge in [0.05, 0.1) is 0 Å². The van der Waals surface area contributed by atoms with E-state index < -0.39 is 0 Å². The van der Waals surface area contributed by atoms with Crippen LogP contribution in [0.5, 0.6) is 0 Å². The molecule has 2 atom stereocenters. The average Bonchev–Trinajstić information content (AvgIpc) is 3.14. The summed E-state index contributed by atoms with van der Waals surface area (Å²) in [6.07, 6.45) is 2.87. The van der Waals surface area contributed by atoms with E-state index in [1.165, 1.54) is 6.07 Å². The Kier molecular flexibility index (Phi) is 3.27. The third-order valence-corrected chi connectivity index (χ3v) is 3.98. The topological polar surface area (TPSA) is 32.3 Å². The van der Waals surface area contributed by atoms with Crippen LogP contribution < -0.4 is 5.32 Å². The molecule has 3 rings (SSSR count). The van der Waals surface area contributed by atoms with E-state index in [0.29, 0.717) is 12.5 Å². The van der Waals surface area contributed by atoms with Gasteiger partial charge in [-0.1, -0.05) is 12.1 Å². The summed E-state index contributed by atoms with van der Waals surface area (Å²) in [5, 5.41) is 3.44. The van der Waals surface area contributed by atoms with Crippen LogP contribution in [0.15, 0.2) is 24.3 Å². The van der Waals surface area contributed by atoms with Crippen molar-refractivity contribution < 1.29 is 9.18 Å². The zero-order valence-electron chi connectivity index (χ0n) is 11.1. The minimum atomic E-state index is -0.215. The Morgan fingerprint density at radius 3 is 2.89 bits per heavy atom. The molecule has 2 fully saturated rings. The molecule has 102 valence electrons. The highest BCUT2D eigenvalue weighted by Crippen LogP contribution is 2.31. The van der Waals surface area contributed by atoms with Crippen molar-refractivity contribution in [2.45, 2.75) is 44.3 Å². The van der Waals surface area contributed by atoms with Crippen molar-refractivity contribution in [3.63, 3.8) is 0 Å². The number of likely N-dealkylation sites (tertiary alicyclic amines) is 1. The summed E-state index contributed by atoms with van der Waals surface area (Å²) >= 11 is 0. The Labute approximate surface area is 112 Å². The molecule has 1 N–H and O–H groups in total. The summed E-state index contributed by atoms with van der Waals surface area (Å²) in [6.45, 7) is 2.81. The number of carbonyl (C=O) groups excluding carboxylic acids is 1. The molecule has 1 aromatic rings. The average molecular weight is 262 g/mol. The van der Waals surface area contributed by atoms with Crippen molar-refractivity contribution in [3.8, 4) is 0 Å². The number of hydrogen-bond donors (Lipinski definition) is 1. The smallest absolute Gasteiger partial charge is 0.224 e. The van der Waals surface area contributed by atoms with E-state index in [1.54, 1.807) is 12.1 Å². The Hall–Kier alpha value is -1.42. The minimum absolute atomic E-state index is 0.0626. The molecule has 1 aromatic carbocycles. The highest BCUT2D eigenvalue weighted by Gasteiger charge is 2.39. The molecular weight excluding hydrogens is 243 g/mol. The molecule has 1 amide bonds. The molecule has 0 bridgehead atoms. The van der Waals surface area contributed by atoms with Crippen LogP contribution in [0.4, 0.5) is 4.39 Å². The van der Waals surface area contributed by atoms with Crippen molar-refractivity contribution in [1.82, 2.24) is 10.2 Å². The van der Waals surface area contributed by atoms with Crippen LogP contribution in [0.3, 0.4) is 0 Å². The van der Waals surface area contributed by atoms with Crippen LogP contribution in [-0.2, 0) is 4.79 Å². The summed E-state index contributed by atoms with van der Waals surface area (Å²) in [5.41, 5.74) is 0.928. The Balaban J connectivity index is 1.61. The van der Waals surface area contributed by atoms with Gasteiger partial charge in [-0.05, 0) is 37.5 Å². The fourth-order valence-corrected chi connectivity index (χ4v) is 2.81. The van der Waals surface area contributed by atoms with Gasteiger partial charge in [-0.15, -0.1) is 0 Å². The Morgan fingerprint density at radius 1 is 1.42 bits per heavy atom. The third-order valence-electron chi connectivity index (χ3n) is 3.98. The molecule has 0 aromatic heterocycles. The van der Waals surface area contributed by atoms with Gasteiger partial charge in [0.2, 0.25) is 5.91 Å². The van der Waals surface area contributed by atoms with Crippen molar-refractivity contribution in [3.05, 3.63) is 35.6 Å². The third kappa shape index (κ3) is 2.78. The zero-order chi connectivity index (χ0) is 13.4. The van der Waals surface area contributed by atoms with Crippen LogP contribution in [0.1, 0.15) is 37.8 Å². The molecule has 0 radical (unpaired) electrons. The maximum atomic E-state index is 13.2. The number of hydrogen-bond acceptors (Lipinski definition) is 2. The molecule has 1 heterocycles. The molecule has 0 spiro atoms. The monoisotopic (exact) mass is 262 g/mol. The molecule has 1 aliphatic heterocycles. The van der Waals surface area contributed by atoms with Crippen molar-refractivity contribution in [2.75, 3.05) is 6.54 Å². The number of carbonyl (C=O) groups is 1. The molecule has 19 heavy (non-hydrogen) atoms. The first-order valence-corrected chi connectivity index (χ1v) is 6.94. The summed E-state index contributed by atoms with van der Waals surface area (Å²) in [7, 11) is 0. The first-order chi connectivity index (χ1) is 9.13. The van der Waals surface area contributed by atoms with Gasteiger partial charge in [-0.3, -0.25) is 4.79 Å². The van der Waals surface area contributed by atoms with Crippen LogP contribution >= 0.6 is 0 Å². The molecule has 1 aliphatic carbocycles. The second-order valence-electron chi connectivity index (χ2n) is 5.62. The van der Waals surface area contributed by atoms with Gasteiger partial charge in [0.1, 0.15) is 5.82 Å². The standard InChI is InChI=1S/C15H19FN2O/c1-10(11-3-2-4-12(16)7-11)17-13-8-15(19)18(9-13)14-5-6-14/h2-4,7,10,13-14,17H,5-6,8-9H2,1H3/t10-,13-/m1/s1. The van der Waals surface area contributed by atoms with E-state index in [-0.39, 0.29) is 23.8 Å². The minimum Gasteiger partial charge on any atom is -0.338 e. The van der Waals surface area contributed by atoms with Gasteiger partial charge in [0, 0.05) is 31.1 Å². The fourth-order valence-electron chi connectivity index (χ4n) is 2.81. The largest absolute Gasteiger partial charge is 0.338 e. The number of rotatable bonds is 4. The van der Waals surface area contributed by atoms with E-state index >= 15 is 0 Å². The maximum absolute atomic E-state index is 13.2. The van der Waals surface area contributed by atoms with Crippen LogP contribution in [0.25, 0.3) is 0 Å². The lowest BCUT2D eigenvalue weighted by molar-refractivity contribution is -0.128. The molecule has 4 heteroatoms. The van der Waals surface area contributed by atoms with Gasteiger partial charge < -0.3 is 10.2 Å². The lowest BCUT2D eigenvalue weighted by atomic mass is 10.1. The number of halogens is 1. The van der Waals surface area contributed by atoms with Crippen molar-refractivity contribution in [2.24, 2.45) is 0 Å². The number of nitrogens with zero attached hydrogens (tertiary/aromatic N) is 1. The molecular formula is C15H19FN2O. The lowest BCUT2D eigenvalue weighted by Gasteiger charge is -2.20. The van der Waals surface area contributed by atoms with Gasteiger partial charge in [0.15, 0.2) is 0 Å². The summed E-state index contributed by atoms with van der Waals surface area (Å²) in [5.74, 6) is 0.0414. The normalized spacial score (nSPS) is 24.8. The van der Waals surface area contributed by atoms with Crippen LogP contribution in [-0.4, -0.2) is 29.4 Å². The second kappa shape index (κ2) is 4.93. The van der Waals surface area contributed by atoms with Gasteiger partial charge in [-0.2, -0.15) is 0 Å². The van der Waals surface area contributed by atoms with Crippen molar-refractivity contribution >= 4 is 5.91 Å². The maximum Gasteiger partial charge on any atom is 0.224 e. The van der Waals surface area contributed by atoms with E-state index in [2.05, 4.69) is 5.32 Å². The number of amides is 1. The summed E-state index contributed by atoms with van der Waals surface area (Å²) in [4.78, 5) is 13.9. The van der Waals surface area contributed by atoms with E-state index in [9.17, 15) is 9.18 Å². The van der Waals surface area contributed by atoms with Crippen molar-refractivity contribution in [1.29, 1.82) is 0 Å². The van der Waals surface area contributed by atoms with E-state index in [4.69, 9.17) is 0 Å². The first-order valence-electron chi connectivity index (χ1n) is 6.94. The van der Waals surface area contributed by atoms with E-state index in [1.807, 2.05) is 17.9 Å². The molecule has 1 saturated carbocycles. The molecule has 0 unspecified atom stereocenters. The van der Waals surface area contributed by atoms with E-state index in [0.717, 1.165) is 24.9 Å². The number of nitrogens with one attached hydrogen (secondary N) is 1. The number of benzene rings is 1. The Bertz CT molecular complexity index is 487. The van der Waals surface area contributed by atoms with Crippen LogP contribution in [0, 0.1) is 5.82 Å². The molecule has 1 saturated heterocycles. The highest BCUT2D eigenvalue weighted by atomic mass is 19.1. The quantitative estimate of drug-likeness (QED) is 0.902. The predicted molar refractivity (Wildman–Crippen MR) is 71.1 cm³/mol. The van der Waals surface area contributed by atoms with Gasteiger partial charge in [0.25, 0.3) is 0 Å². The fraction of sp³-hybridized carbons (Fsp3) is 0.533. The highest BCUT2D eigenvalue weighted by molar-refractivity contribution is 5.80.